The van der Waals surface area contributed by atoms with Gasteiger partial charge in [0.1, 0.15) is 0 Å². The number of hydrogen-bond acceptors (Lipinski definition) is 7. The number of aryl methyl sites for hydroxylation is 1. The van der Waals surface area contributed by atoms with Crippen molar-refractivity contribution >= 4 is 5.91 Å². The van der Waals surface area contributed by atoms with Crippen molar-refractivity contribution in [1.82, 2.24) is 25.6 Å². The molecule has 4 rings (SSSR count). The van der Waals surface area contributed by atoms with Gasteiger partial charge in [0, 0.05) is 24.3 Å². The number of nitrogens with zero attached hydrogens (tertiary/aromatic N) is 4. The van der Waals surface area contributed by atoms with Crippen LogP contribution in [-0.4, -0.2) is 26.2 Å². The summed E-state index contributed by atoms with van der Waals surface area (Å²) < 4.78 is 10.3. The van der Waals surface area contributed by atoms with Crippen molar-refractivity contribution in [1.29, 1.82) is 0 Å². The third-order valence-corrected chi connectivity index (χ3v) is 3.92. The third kappa shape index (κ3) is 3.90. The summed E-state index contributed by atoms with van der Waals surface area (Å²) in [6.45, 7) is 0.258. The lowest BCUT2D eigenvalue weighted by Gasteiger charge is -1.99. The highest BCUT2D eigenvalue weighted by Gasteiger charge is 2.29. The summed E-state index contributed by atoms with van der Waals surface area (Å²) in [6, 6.07) is 9.55. The van der Waals surface area contributed by atoms with E-state index in [-0.39, 0.29) is 18.9 Å². The van der Waals surface area contributed by atoms with Crippen LogP contribution in [0.1, 0.15) is 42.8 Å². The van der Waals surface area contributed by atoms with E-state index in [4.69, 9.17) is 9.05 Å². The molecule has 1 amide bonds. The second-order valence-electron chi connectivity index (χ2n) is 5.98. The van der Waals surface area contributed by atoms with E-state index < -0.39 is 0 Å². The van der Waals surface area contributed by atoms with Crippen molar-refractivity contribution in [2.24, 2.45) is 0 Å². The van der Waals surface area contributed by atoms with E-state index in [0.717, 1.165) is 18.4 Å². The minimum Gasteiger partial charge on any atom is -0.349 e. The highest BCUT2D eigenvalue weighted by atomic mass is 16.5. The predicted molar refractivity (Wildman–Crippen MR) is 86.2 cm³/mol. The first-order valence-corrected chi connectivity index (χ1v) is 8.25. The van der Waals surface area contributed by atoms with E-state index in [1.54, 1.807) is 0 Å². The van der Waals surface area contributed by atoms with Gasteiger partial charge in [-0.15, -0.1) is 0 Å². The van der Waals surface area contributed by atoms with E-state index in [9.17, 15) is 4.79 Å². The van der Waals surface area contributed by atoms with Crippen LogP contribution >= 0.6 is 0 Å². The molecular weight excluding hydrogens is 322 g/mol. The van der Waals surface area contributed by atoms with Crippen molar-refractivity contribution in [3.8, 4) is 11.4 Å². The zero-order chi connectivity index (χ0) is 17.1. The van der Waals surface area contributed by atoms with Gasteiger partial charge in [-0.3, -0.25) is 4.79 Å². The molecule has 1 fully saturated rings. The largest absolute Gasteiger partial charge is 0.349 e. The summed E-state index contributed by atoms with van der Waals surface area (Å²) in [7, 11) is 0. The van der Waals surface area contributed by atoms with Crippen LogP contribution in [0.25, 0.3) is 11.4 Å². The smallest absolute Gasteiger partial charge is 0.229 e. The van der Waals surface area contributed by atoms with E-state index in [2.05, 4.69) is 25.6 Å². The van der Waals surface area contributed by atoms with Gasteiger partial charge in [0.15, 0.2) is 5.82 Å². The van der Waals surface area contributed by atoms with Crippen LogP contribution in [0.4, 0.5) is 0 Å². The fourth-order valence-electron chi connectivity index (χ4n) is 2.38. The van der Waals surface area contributed by atoms with Crippen LogP contribution in [0.5, 0.6) is 0 Å². The molecule has 0 saturated heterocycles. The topological polar surface area (TPSA) is 107 Å². The number of hydrogen-bond donors (Lipinski definition) is 1. The van der Waals surface area contributed by atoms with Gasteiger partial charge in [-0.05, 0) is 12.8 Å². The summed E-state index contributed by atoms with van der Waals surface area (Å²) in [6.07, 6.45) is 2.83. The molecule has 0 bridgehead atoms. The minimum absolute atomic E-state index is 0.128. The second-order valence-corrected chi connectivity index (χ2v) is 5.98. The highest BCUT2D eigenvalue weighted by molar-refractivity contribution is 5.75. The predicted octanol–water partition coefficient (Wildman–Crippen LogP) is 2.25. The molecule has 1 aliphatic carbocycles. The van der Waals surface area contributed by atoms with E-state index in [1.165, 1.54) is 0 Å². The van der Waals surface area contributed by atoms with E-state index in [1.807, 2.05) is 30.3 Å². The maximum absolute atomic E-state index is 11.9. The molecule has 1 aromatic carbocycles. The van der Waals surface area contributed by atoms with E-state index in [0.29, 0.717) is 35.8 Å². The molecule has 0 atom stereocenters. The van der Waals surface area contributed by atoms with Crippen LogP contribution < -0.4 is 5.32 Å². The first-order chi connectivity index (χ1) is 12.3. The maximum atomic E-state index is 11.9. The zero-order valence-electron chi connectivity index (χ0n) is 13.5. The number of nitrogens with one attached hydrogen (secondary N) is 1. The van der Waals surface area contributed by atoms with Gasteiger partial charge in [-0.25, -0.2) is 0 Å². The number of benzene rings is 1. The van der Waals surface area contributed by atoms with Crippen LogP contribution in [-0.2, 0) is 17.8 Å². The van der Waals surface area contributed by atoms with Crippen LogP contribution in [0.2, 0.25) is 0 Å². The Morgan fingerprint density at radius 2 is 1.96 bits per heavy atom. The van der Waals surface area contributed by atoms with Gasteiger partial charge in [0.2, 0.25) is 23.5 Å². The number of carbonyl (C=O) groups excluding carboxylic acids is 1. The number of amides is 1. The number of carbonyl (C=O) groups is 1. The molecule has 0 unspecified atom stereocenters. The lowest BCUT2D eigenvalue weighted by atomic mass is 10.2. The van der Waals surface area contributed by atoms with Gasteiger partial charge < -0.3 is 14.4 Å². The normalized spacial score (nSPS) is 13.8. The molecule has 2 heterocycles. The third-order valence-electron chi connectivity index (χ3n) is 3.92. The molecule has 128 valence electrons. The Morgan fingerprint density at radius 1 is 1.12 bits per heavy atom. The Bertz CT molecular complexity index is 854. The fourth-order valence-corrected chi connectivity index (χ4v) is 2.38. The summed E-state index contributed by atoms with van der Waals surface area (Å²) in [5.74, 6) is 2.41. The summed E-state index contributed by atoms with van der Waals surface area (Å²) in [5, 5.41) is 10.6. The fraction of sp³-hybridized carbons (Fsp3) is 0.353. The standard InChI is InChI=1S/C17H17N5O3/c23-14(18-10-13-19-17(25-21-13)12-6-7-12)8-9-15-20-16(22-24-15)11-4-2-1-3-5-11/h1-5,12H,6-10H2,(H,18,23). The Labute approximate surface area is 143 Å². The van der Waals surface area contributed by atoms with Crippen molar-refractivity contribution < 1.29 is 13.8 Å². The highest BCUT2D eigenvalue weighted by Crippen LogP contribution is 2.38. The molecule has 0 spiro atoms. The molecule has 0 radical (unpaired) electrons. The molecule has 8 heteroatoms. The molecule has 1 aliphatic rings. The molecule has 8 nitrogen and oxygen atoms in total. The molecule has 1 saturated carbocycles. The van der Waals surface area contributed by atoms with Crippen molar-refractivity contribution in [3.05, 3.63) is 47.9 Å². The first kappa shape index (κ1) is 15.5. The van der Waals surface area contributed by atoms with Crippen molar-refractivity contribution in [3.63, 3.8) is 0 Å². The number of aromatic nitrogens is 4. The lowest BCUT2D eigenvalue weighted by Crippen LogP contribution is -2.23. The Balaban J connectivity index is 1.25. The van der Waals surface area contributed by atoms with Gasteiger partial charge in [0.05, 0.1) is 6.54 Å². The van der Waals surface area contributed by atoms with Gasteiger partial charge >= 0.3 is 0 Å². The van der Waals surface area contributed by atoms with E-state index >= 15 is 0 Å². The monoisotopic (exact) mass is 339 g/mol. The summed E-state index contributed by atoms with van der Waals surface area (Å²) in [4.78, 5) is 20.5. The average molecular weight is 339 g/mol. The molecule has 1 N–H and O–H groups in total. The van der Waals surface area contributed by atoms with Crippen LogP contribution in [0.3, 0.4) is 0 Å². The average Bonchev–Trinajstić information content (AvgIpc) is 3.20. The van der Waals surface area contributed by atoms with Crippen LogP contribution in [0, 0.1) is 0 Å². The quantitative estimate of drug-likeness (QED) is 0.703. The molecular formula is C17H17N5O3. The summed E-state index contributed by atoms with van der Waals surface area (Å²) in [5.41, 5.74) is 0.880. The Morgan fingerprint density at radius 3 is 2.76 bits per heavy atom. The second kappa shape index (κ2) is 6.84. The Hall–Kier alpha value is -3.03. The Kier molecular flexibility index (Phi) is 4.24. The maximum Gasteiger partial charge on any atom is 0.229 e. The van der Waals surface area contributed by atoms with Gasteiger partial charge in [-0.2, -0.15) is 9.97 Å². The zero-order valence-corrected chi connectivity index (χ0v) is 13.5. The van der Waals surface area contributed by atoms with Gasteiger partial charge in [-0.1, -0.05) is 40.6 Å². The van der Waals surface area contributed by atoms with Crippen molar-refractivity contribution in [2.45, 2.75) is 38.1 Å². The summed E-state index contributed by atoms with van der Waals surface area (Å²) >= 11 is 0. The minimum atomic E-state index is -0.128. The first-order valence-electron chi connectivity index (χ1n) is 8.25. The SMILES string of the molecule is O=C(CCc1nc(-c2ccccc2)no1)NCc1noc(C2CC2)n1. The molecule has 2 aromatic heterocycles. The lowest BCUT2D eigenvalue weighted by molar-refractivity contribution is -0.121. The van der Waals surface area contributed by atoms with Crippen LogP contribution in [0.15, 0.2) is 39.4 Å². The number of rotatable bonds is 7. The van der Waals surface area contributed by atoms with Crippen molar-refractivity contribution in [2.75, 3.05) is 0 Å². The molecule has 0 aliphatic heterocycles. The molecule has 25 heavy (non-hydrogen) atoms. The molecule has 3 aromatic rings. The van der Waals surface area contributed by atoms with Gasteiger partial charge in [0.25, 0.3) is 0 Å².